The number of benzene rings is 1. The molecule has 39 heavy (non-hydrogen) atoms. The second-order valence-electron chi connectivity index (χ2n) is 10.1. The lowest BCUT2D eigenvalue weighted by Crippen LogP contribution is -2.33. The third-order valence-corrected chi connectivity index (χ3v) is 6.91. The number of nitrogens with one attached hydrogen (secondary N) is 2. The summed E-state index contributed by atoms with van der Waals surface area (Å²) in [5.41, 5.74) is 4.57. The number of nitrogens with zero attached hydrogens (tertiary/aromatic N) is 2. The van der Waals surface area contributed by atoms with Crippen molar-refractivity contribution >= 4 is 25.3 Å². The van der Waals surface area contributed by atoms with Crippen LogP contribution in [0.15, 0.2) is 47.7 Å². The average molecular weight is 540 g/mol. The van der Waals surface area contributed by atoms with Gasteiger partial charge in [0.05, 0.1) is 13.2 Å². The van der Waals surface area contributed by atoms with Gasteiger partial charge >= 0.3 is 7.40 Å². The Morgan fingerprint density at radius 2 is 1.85 bits per heavy atom. The molecule has 3 rings (SSSR count). The molecule has 1 aromatic heterocycles. The number of hydrogen-bond donors (Lipinski definition) is 2. The summed E-state index contributed by atoms with van der Waals surface area (Å²) in [6.45, 7) is 4.39. The molecule has 2 heterocycles. The standard InChI is InChI=1S/C29H39BF2N4O3/c1-20-17-21(2)34-26(20)19-24-18-23(12-15-27(37)33-16-8-6-7-9-28(38)35(3)4)29(36(24)30(31)32)22-10-13-25(39-5)14-11-22/h10-11,13-14,17-19,29,34H,6-9,12,15-16H2,1-5H3,(H,33,37)/b24-19-. The molecule has 0 aliphatic carbocycles. The number of ether oxygens (including phenoxy) is 1. The number of aryl methyl sites for hydroxylation is 2. The Labute approximate surface area is 230 Å². The first-order valence-electron chi connectivity index (χ1n) is 13.4. The summed E-state index contributed by atoms with van der Waals surface area (Å²) in [5.74, 6) is 0.623. The monoisotopic (exact) mass is 540 g/mol. The lowest BCUT2D eigenvalue weighted by atomic mass is 9.93. The Morgan fingerprint density at radius 1 is 1.13 bits per heavy atom. The Balaban J connectivity index is 1.71. The van der Waals surface area contributed by atoms with E-state index in [1.165, 1.54) is 0 Å². The second-order valence-corrected chi connectivity index (χ2v) is 10.1. The van der Waals surface area contributed by atoms with E-state index in [1.807, 2.05) is 19.9 Å². The van der Waals surface area contributed by atoms with Crippen LogP contribution in [0.4, 0.5) is 8.63 Å². The molecule has 0 saturated carbocycles. The number of allylic oxidation sites excluding steroid dienone is 1. The number of carbonyl (C=O) groups excluding carboxylic acids is 2. The predicted octanol–water partition coefficient (Wildman–Crippen LogP) is 5.43. The van der Waals surface area contributed by atoms with Crippen LogP contribution in [-0.2, 0) is 9.59 Å². The highest BCUT2D eigenvalue weighted by atomic mass is 19.2. The van der Waals surface area contributed by atoms with Gasteiger partial charge in [-0.05, 0) is 80.2 Å². The molecule has 0 radical (unpaired) electrons. The van der Waals surface area contributed by atoms with Gasteiger partial charge in [0.25, 0.3) is 0 Å². The molecule has 0 spiro atoms. The van der Waals surface area contributed by atoms with E-state index in [1.54, 1.807) is 62.5 Å². The van der Waals surface area contributed by atoms with Crippen LogP contribution < -0.4 is 10.1 Å². The van der Waals surface area contributed by atoms with E-state index >= 15 is 0 Å². The average Bonchev–Trinajstić information content (AvgIpc) is 3.42. The normalized spacial score (nSPS) is 15.9. The summed E-state index contributed by atoms with van der Waals surface area (Å²) in [6, 6.07) is 8.39. The topological polar surface area (TPSA) is 77.7 Å². The maximum atomic E-state index is 14.5. The first-order chi connectivity index (χ1) is 18.6. The van der Waals surface area contributed by atoms with Crippen molar-refractivity contribution in [3.8, 4) is 5.75 Å². The summed E-state index contributed by atoms with van der Waals surface area (Å²) >= 11 is 0. The minimum atomic E-state index is -2.73. The fraction of sp³-hybridized carbons (Fsp3) is 0.448. The third-order valence-electron chi connectivity index (χ3n) is 6.91. The van der Waals surface area contributed by atoms with Gasteiger partial charge in [-0.25, -0.2) is 0 Å². The number of aromatic nitrogens is 1. The minimum absolute atomic E-state index is 0.100. The summed E-state index contributed by atoms with van der Waals surface area (Å²) in [5, 5.41) is 2.92. The molecule has 0 bridgehead atoms. The van der Waals surface area contributed by atoms with Crippen molar-refractivity contribution < 1.29 is 23.0 Å². The van der Waals surface area contributed by atoms with Crippen LogP contribution >= 0.6 is 0 Å². The van der Waals surface area contributed by atoms with E-state index in [4.69, 9.17) is 4.74 Å². The van der Waals surface area contributed by atoms with Gasteiger partial charge in [-0.3, -0.25) is 18.2 Å². The highest BCUT2D eigenvalue weighted by Crippen LogP contribution is 2.43. The molecule has 7 nitrogen and oxygen atoms in total. The van der Waals surface area contributed by atoms with E-state index in [9.17, 15) is 18.2 Å². The Bertz CT molecular complexity index is 1190. The quantitative estimate of drug-likeness (QED) is 0.262. The van der Waals surface area contributed by atoms with Crippen molar-refractivity contribution in [2.45, 2.75) is 58.4 Å². The first-order valence-corrected chi connectivity index (χ1v) is 13.4. The Hall–Kier alpha value is -3.56. The largest absolute Gasteiger partial charge is 0.674 e. The molecule has 1 unspecified atom stereocenters. The van der Waals surface area contributed by atoms with Crippen molar-refractivity contribution in [3.63, 3.8) is 0 Å². The molecule has 0 fully saturated rings. The van der Waals surface area contributed by atoms with Crippen LogP contribution in [0.25, 0.3) is 6.08 Å². The molecule has 1 aliphatic heterocycles. The number of H-pyrrole nitrogens is 1. The van der Waals surface area contributed by atoms with E-state index in [0.717, 1.165) is 46.6 Å². The van der Waals surface area contributed by atoms with Gasteiger partial charge < -0.3 is 24.7 Å². The molecule has 210 valence electrons. The zero-order valence-corrected chi connectivity index (χ0v) is 23.5. The number of halogens is 2. The van der Waals surface area contributed by atoms with Crippen molar-refractivity contribution in [3.05, 3.63) is 70.2 Å². The van der Waals surface area contributed by atoms with E-state index < -0.39 is 13.4 Å². The molecule has 1 aromatic carbocycles. The van der Waals surface area contributed by atoms with Gasteiger partial charge in [-0.1, -0.05) is 18.6 Å². The Morgan fingerprint density at radius 3 is 2.44 bits per heavy atom. The van der Waals surface area contributed by atoms with Gasteiger partial charge in [0.2, 0.25) is 11.8 Å². The number of hydrogen-bond acceptors (Lipinski definition) is 4. The molecule has 2 amide bonds. The van der Waals surface area contributed by atoms with Gasteiger partial charge in [-0.2, -0.15) is 0 Å². The molecule has 1 aliphatic rings. The van der Waals surface area contributed by atoms with Crippen molar-refractivity contribution in [1.29, 1.82) is 0 Å². The Kier molecular flexibility index (Phi) is 10.8. The summed E-state index contributed by atoms with van der Waals surface area (Å²) in [4.78, 5) is 30.2. The van der Waals surface area contributed by atoms with Crippen molar-refractivity contribution in [2.24, 2.45) is 0 Å². The van der Waals surface area contributed by atoms with Crippen LogP contribution in [-0.4, -0.2) is 61.7 Å². The molecule has 0 saturated heterocycles. The number of unbranched alkanes of at least 4 members (excludes halogenated alkanes) is 2. The number of methoxy groups -OCH3 is 1. The number of carbonyl (C=O) groups is 2. The number of amides is 2. The predicted molar refractivity (Wildman–Crippen MR) is 151 cm³/mol. The number of aromatic amines is 1. The molecule has 2 aromatic rings. The summed E-state index contributed by atoms with van der Waals surface area (Å²) in [6.07, 6.45) is 6.99. The smallest absolute Gasteiger partial charge is 0.497 e. The number of rotatable bonds is 13. The lowest BCUT2D eigenvalue weighted by Gasteiger charge is -2.28. The third kappa shape index (κ3) is 8.21. The maximum absolute atomic E-state index is 14.5. The van der Waals surface area contributed by atoms with Gasteiger partial charge in [0.15, 0.2) is 0 Å². The molecular weight excluding hydrogens is 501 g/mol. The van der Waals surface area contributed by atoms with Crippen LogP contribution in [0.5, 0.6) is 5.75 Å². The maximum Gasteiger partial charge on any atom is 0.674 e. The van der Waals surface area contributed by atoms with E-state index in [2.05, 4.69) is 10.3 Å². The van der Waals surface area contributed by atoms with Crippen LogP contribution in [0.1, 0.15) is 67.1 Å². The van der Waals surface area contributed by atoms with Crippen LogP contribution in [0.2, 0.25) is 0 Å². The van der Waals surface area contributed by atoms with E-state index in [-0.39, 0.29) is 18.2 Å². The zero-order chi connectivity index (χ0) is 28.5. The highest BCUT2D eigenvalue weighted by Gasteiger charge is 2.40. The molecule has 1 atom stereocenters. The molecule has 10 heteroatoms. The SMILES string of the molecule is COc1ccc(C2C(CCC(=O)NCCCCCC(=O)N(C)C)=C/C(=C/c3[nH]c(C)cc3C)N2B(F)F)cc1. The van der Waals surface area contributed by atoms with Crippen molar-refractivity contribution in [1.82, 2.24) is 20.0 Å². The van der Waals surface area contributed by atoms with Gasteiger partial charge in [0, 0.05) is 50.6 Å². The fourth-order valence-corrected chi connectivity index (χ4v) is 4.81. The minimum Gasteiger partial charge on any atom is -0.497 e. The van der Waals surface area contributed by atoms with Crippen molar-refractivity contribution in [2.75, 3.05) is 27.7 Å². The van der Waals surface area contributed by atoms with Crippen LogP contribution in [0, 0.1) is 13.8 Å². The van der Waals surface area contributed by atoms with Gasteiger partial charge in [0.1, 0.15) is 5.75 Å². The highest BCUT2D eigenvalue weighted by molar-refractivity contribution is 6.40. The zero-order valence-electron chi connectivity index (χ0n) is 23.5. The molecule has 2 N–H and O–H groups in total. The molecular formula is C29H39BF2N4O3. The summed E-state index contributed by atoms with van der Waals surface area (Å²) < 4.78 is 34.3. The van der Waals surface area contributed by atoms with Crippen LogP contribution in [0.3, 0.4) is 0 Å². The second kappa shape index (κ2) is 14.0. The van der Waals surface area contributed by atoms with Gasteiger partial charge in [-0.15, -0.1) is 0 Å². The van der Waals surface area contributed by atoms with E-state index in [0.29, 0.717) is 36.4 Å². The fourth-order valence-electron chi connectivity index (χ4n) is 4.81. The summed E-state index contributed by atoms with van der Waals surface area (Å²) in [7, 11) is 2.30. The first kappa shape index (κ1) is 30.0. The lowest BCUT2D eigenvalue weighted by molar-refractivity contribution is -0.128.